The van der Waals surface area contributed by atoms with Gasteiger partial charge < -0.3 is 9.52 Å². The van der Waals surface area contributed by atoms with Crippen molar-refractivity contribution in [2.45, 2.75) is 39.5 Å². The number of carboxylic acids is 1. The molecule has 0 aliphatic carbocycles. The minimum atomic E-state index is -0.988. The van der Waals surface area contributed by atoms with Gasteiger partial charge in [-0.05, 0) is 37.0 Å². The van der Waals surface area contributed by atoms with Crippen molar-refractivity contribution in [3.63, 3.8) is 0 Å². The van der Waals surface area contributed by atoms with Crippen LogP contribution in [-0.4, -0.2) is 11.1 Å². The van der Waals surface area contributed by atoms with Crippen LogP contribution in [0.1, 0.15) is 48.4 Å². The van der Waals surface area contributed by atoms with E-state index >= 15 is 0 Å². The first-order valence-electron chi connectivity index (χ1n) is 6.45. The number of furan rings is 1. The number of rotatable bonds is 5. The highest BCUT2D eigenvalue weighted by atomic mass is 16.4. The molecule has 0 saturated heterocycles. The SMILES string of the molecule is CCCCc1ccc2oc(C(=O)O)c(CC)c2c1. The molecular formula is C15H18O3. The predicted molar refractivity (Wildman–Crippen MR) is 71.2 cm³/mol. The van der Waals surface area contributed by atoms with Crippen LogP contribution in [0.2, 0.25) is 0 Å². The van der Waals surface area contributed by atoms with Crippen molar-refractivity contribution >= 4 is 16.9 Å². The normalized spacial score (nSPS) is 11.0. The molecule has 2 aromatic rings. The van der Waals surface area contributed by atoms with Crippen LogP contribution >= 0.6 is 0 Å². The van der Waals surface area contributed by atoms with Gasteiger partial charge in [0.1, 0.15) is 5.58 Å². The summed E-state index contributed by atoms with van der Waals surface area (Å²) in [5.41, 5.74) is 2.72. The van der Waals surface area contributed by atoms with E-state index in [4.69, 9.17) is 9.52 Å². The first kappa shape index (κ1) is 12.7. The quantitative estimate of drug-likeness (QED) is 0.866. The Morgan fingerprint density at radius 3 is 2.72 bits per heavy atom. The predicted octanol–water partition coefficient (Wildman–Crippen LogP) is 4.04. The lowest BCUT2D eigenvalue weighted by molar-refractivity contribution is 0.0663. The van der Waals surface area contributed by atoms with Gasteiger partial charge in [0.05, 0.1) is 0 Å². The maximum atomic E-state index is 11.1. The fourth-order valence-corrected chi connectivity index (χ4v) is 2.26. The standard InChI is InChI=1S/C15H18O3/c1-3-5-6-10-7-8-13-12(9-10)11(4-2)14(18-13)15(16)17/h7-9H,3-6H2,1-2H3,(H,16,17). The first-order valence-corrected chi connectivity index (χ1v) is 6.45. The Morgan fingerprint density at radius 2 is 2.11 bits per heavy atom. The van der Waals surface area contributed by atoms with Crippen molar-refractivity contribution in [2.24, 2.45) is 0 Å². The van der Waals surface area contributed by atoms with Crippen molar-refractivity contribution in [3.05, 3.63) is 35.1 Å². The average molecular weight is 246 g/mol. The molecule has 0 aliphatic heterocycles. The number of aryl methyl sites for hydroxylation is 2. The van der Waals surface area contributed by atoms with E-state index in [9.17, 15) is 4.79 Å². The molecule has 3 heteroatoms. The van der Waals surface area contributed by atoms with Crippen molar-refractivity contribution in [3.8, 4) is 0 Å². The van der Waals surface area contributed by atoms with Crippen molar-refractivity contribution < 1.29 is 14.3 Å². The van der Waals surface area contributed by atoms with E-state index in [-0.39, 0.29) is 5.76 Å². The van der Waals surface area contributed by atoms with E-state index in [1.807, 2.05) is 19.1 Å². The highest BCUT2D eigenvalue weighted by Crippen LogP contribution is 2.28. The van der Waals surface area contributed by atoms with Gasteiger partial charge in [0.15, 0.2) is 0 Å². The molecule has 1 aromatic carbocycles. The highest BCUT2D eigenvalue weighted by Gasteiger charge is 2.18. The topological polar surface area (TPSA) is 50.4 Å². The zero-order chi connectivity index (χ0) is 13.1. The molecule has 0 saturated carbocycles. The van der Waals surface area contributed by atoms with Gasteiger partial charge in [0.2, 0.25) is 5.76 Å². The molecule has 2 rings (SSSR count). The summed E-state index contributed by atoms with van der Waals surface area (Å²) in [6, 6.07) is 5.97. The summed E-state index contributed by atoms with van der Waals surface area (Å²) < 4.78 is 5.41. The number of carboxylic acid groups (broad SMARTS) is 1. The van der Waals surface area contributed by atoms with E-state index in [2.05, 4.69) is 13.0 Å². The molecular weight excluding hydrogens is 228 g/mol. The van der Waals surface area contributed by atoms with Crippen LogP contribution < -0.4 is 0 Å². The molecule has 0 radical (unpaired) electrons. The summed E-state index contributed by atoms with van der Waals surface area (Å²) in [5, 5.41) is 10.1. The van der Waals surface area contributed by atoms with Crippen LogP contribution in [0, 0.1) is 0 Å². The summed E-state index contributed by atoms with van der Waals surface area (Å²) >= 11 is 0. The van der Waals surface area contributed by atoms with Crippen LogP contribution in [-0.2, 0) is 12.8 Å². The summed E-state index contributed by atoms with van der Waals surface area (Å²) in [5.74, 6) is -0.904. The summed E-state index contributed by atoms with van der Waals surface area (Å²) in [4.78, 5) is 11.1. The molecule has 0 atom stereocenters. The van der Waals surface area contributed by atoms with Gasteiger partial charge in [0, 0.05) is 10.9 Å². The summed E-state index contributed by atoms with van der Waals surface area (Å²) in [7, 11) is 0. The number of fused-ring (bicyclic) bond motifs is 1. The van der Waals surface area contributed by atoms with Gasteiger partial charge in [-0.2, -0.15) is 0 Å². The number of benzene rings is 1. The first-order chi connectivity index (χ1) is 8.67. The third kappa shape index (κ3) is 2.26. The monoisotopic (exact) mass is 246 g/mol. The van der Waals surface area contributed by atoms with Crippen LogP contribution in [0.15, 0.2) is 22.6 Å². The molecule has 3 nitrogen and oxygen atoms in total. The molecule has 0 amide bonds. The summed E-state index contributed by atoms with van der Waals surface area (Å²) in [6.07, 6.45) is 4.01. The second-order valence-electron chi connectivity index (χ2n) is 4.50. The lowest BCUT2D eigenvalue weighted by Gasteiger charge is -2.00. The molecule has 0 aliphatic rings. The van der Waals surface area contributed by atoms with Gasteiger partial charge in [-0.3, -0.25) is 0 Å². The second-order valence-corrected chi connectivity index (χ2v) is 4.50. The Labute approximate surface area is 106 Å². The van der Waals surface area contributed by atoms with Crippen molar-refractivity contribution in [1.82, 2.24) is 0 Å². The molecule has 96 valence electrons. The number of hydrogen-bond donors (Lipinski definition) is 1. The smallest absolute Gasteiger partial charge is 0.372 e. The fourth-order valence-electron chi connectivity index (χ4n) is 2.26. The molecule has 1 aromatic heterocycles. The van der Waals surface area contributed by atoms with Gasteiger partial charge in [0.25, 0.3) is 0 Å². The van der Waals surface area contributed by atoms with E-state index in [0.29, 0.717) is 12.0 Å². The van der Waals surface area contributed by atoms with E-state index < -0.39 is 5.97 Å². The average Bonchev–Trinajstić information content (AvgIpc) is 2.74. The van der Waals surface area contributed by atoms with E-state index in [0.717, 1.165) is 30.2 Å². The maximum Gasteiger partial charge on any atom is 0.372 e. The Kier molecular flexibility index (Phi) is 3.70. The molecule has 1 N–H and O–H groups in total. The number of unbranched alkanes of at least 4 members (excludes halogenated alkanes) is 1. The Morgan fingerprint density at radius 1 is 1.33 bits per heavy atom. The van der Waals surface area contributed by atoms with Crippen LogP contribution in [0.25, 0.3) is 11.0 Å². The highest BCUT2D eigenvalue weighted by molar-refractivity contribution is 5.95. The van der Waals surface area contributed by atoms with Crippen LogP contribution in [0.5, 0.6) is 0 Å². The zero-order valence-electron chi connectivity index (χ0n) is 10.8. The minimum absolute atomic E-state index is 0.0835. The van der Waals surface area contributed by atoms with Gasteiger partial charge >= 0.3 is 5.97 Å². The Hall–Kier alpha value is -1.77. The maximum absolute atomic E-state index is 11.1. The minimum Gasteiger partial charge on any atom is -0.475 e. The molecule has 0 fully saturated rings. The number of carbonyl (C=O) groups is 1. The second kappa shape index (κ2) is 5.25. The van der Waals surface area contributed by atoms with Crippen molar-refractivity contribution in [2.75, 3.05) is 0 Å². The third-order valence-electron chi connectivity index (χ3n) is 3.22. The van der Waals surface area contributed by atoms with Crippen LogP contribution in [0.3, 0.4) is 0 Å². The number of aromatic carboxylic acids is 1. The van der Waals surface area contributed by atoms with Gasteiger partial charge in [-0.1, -0.05) is 26.3 Å². The lowest BCUT2D eigenvalue weighted by atomic mass is 10.0. The lowest BCUT2D eigenvalue weighted by Crippen LogP contribution is -1.97. The van der Waals surface area contributed by atoms with Crippen LogP contribution in [0.4, 0.5) is 0 Å². The molecule has 1 heterocycles. The molecule has 0 unspecified atom stereocenters. The largest absolute Gasteiger partial charge is 0.475 e. The van der Waals surface area contributed by atoms with Gasteiger partial charge in [-0.25, -0.2) is 4.79 Å². The summed E-state index contributed by atoms with van der Waals surface area (Å²) in [6.45, 7) is 4.12. The number of hydrogen-bond acceptors (Lipinski definition) is 2. The van der Waals surface area contributed by atoms with E-state index in [1.165, 1.54) is 5.56 Å². The zero-order valence-corrected chi connectivity index (χ0v) is 10.8. The Bertz CT molecular complexity index is 566. The fraction of sp³-hybridized carbons (Fsp3) is 0.400. The van der Waals surface area contributed by atoms with E-state index in [1.54, 1.807) is 0 Å². The third-order valence-corrected chi connectivity index (χ3v) is 3.22. The molecule has 0 bridgehead atoms. The molecule has 0 spiro atoms. The molecule has 18 heavy (non-hydrogen) atoms. The van der Waals surface area contributed by atoms with Gasteiger partial charge in [-0.15, -0.1) is 0 Å². The Balaban J connectivity index is 2.50. The van der Waals surface area contributed by atoms with Crippen molar-refractivity contribution in [1.29, 1.82) is 0 Å².